The molecule has 1 heterocycles. The number of benzene rings is 2. The van der Waals surface area contributed by atoms with Crippen LogP contribution in [-0.4, -0.2) is 11.7 Å². The molecule has 0 atom stereocenters. The SMILES string of the molecule is O=C1Nc2ccccc2C1=CC(=O)c1ccc(Cl)c(Cl)c1. The zero-order chi connectivity index (χ0) is 15.0. The van der Waals surface area contributed by atoms with Crippen molar-refractivity contribution < 1.29 is 9.59 Å². The van der Waals surface area contributed by atoms with Gasteiger partial charge in [-0.1, -0.05) is 41.4 Å². The molecule has 3 nitrogen and oxygen atoms in total. The van der Waals surface area contributed by atoms with Gasteiger partial charge in [-0.3, -0.25) is 9.59 Å². The third-order valence-corrected chi connectivity index (χ3v) is 3.93. The summed E-state index contributed by atoms with van der Waals surface area (Å²) in [5.74, 6) is -0.583. The summed E-state index contributed by atoms with van der Waals surface area (Å²) in [6.45, 7) is 0. The first kappa shape index (κ1) is 13.9. The molecule has 1 amide bonds. The number of anilines is 1. The number of nitrogens with one attached hydrogen (secondary N) is 1. The largest absolute Gasteiger partial charge is 0.321 e. The van der Waals surface area contributed by atoms with Crippen molar-refractivity contribution in [2.24, 2.45) is 0 Å². The van der Waals surface area contributed by atoms with Gasteiger partial charge in [-0.05, 0) is 30.3 Å². The predicted molar refractivity (Wildman–Crippen MR) is 83.8 cm³/mol. The Balaban J connectivity index is 2.00. The lowest BCUT2D eigenvalue weighted by Gasteiger charge is -2.00. The molecule has 0 aliphatic carbocycles. The zero-order valence-corrected chi connectivity index (χ0v) is 12.2. The Morgan fingerprint density at radius 3 is 2.57 bits per heavy atom. The second-order valence-electron chi connectivity index (χ2n) is 4.55. The number of fused-ring (bicyclic) bond motifs is 1. The monoisotopic (exact) mass is 317 g/mol. The number of rotatable bonds is 2. The molecule has 2 aromatic carbocycles. The van der Waals surface area contributed by atoms with Gasteiger partial charge in [0.25, 0.3) is 5.91 Å². The highest BCUT2D eigenvalue weighted by atomic mass is 35.5. The number of ketones is 1. The number of allylic oxidation sites excluding steroid dienone is 1. The molecule has 0 spiro atoms. The lowest BCUT2D eigenvalue weighted by atomic mass is 10.0. The van der Waals surface area contributed by atoms with Crippen LogP contribution in [0.15, 0.2) is 48.5 Å². The molecule has 21 heavy (non-hydrogen) atoms. The molecule has 3 rings (SSSR count). The Kier molecular flexibility index (Phi) is 3.53. The van der Waals surface area contributed by atoms with Crippen LogP contribution in [0.5, 0.6) is 0 Å². The first-order valence-electron chi connectivity index (χ1n) is 6.18. The summed E-state index contributed by atoms with van der Waals surface area (Å²) in [7, 11) is 0. The molecule has 0 saturated heterocycles. The van der Waals surface area contributed by atoms with Crippen LogP contribution in [0.3, 0.4) is 0 Å². The van der Waals surface area contributed by atoms with Gasteiger partial charge < -0.3 is 5.32 Å². The molecule has 1 aliphatic heterocycles. The molecule has 5 heteroatoms. The van der Waals surface area contributed by atoms with E-state index in [1.807, 2.05) is 12.1 Å². The summed E-state index contributed by atoms with van der Waals surface area (Å²) in [5.41, 5.74) is 2.15. The van der Waals surface area contributed by atoms with E-state index in [0.717, 1.165) is 5.56 Å². The normalized spacial score (nSPS) is 15.0. The second kappa shape index (κ2) is 5.35. The highest BCUT2D eigenvalue weighted by Gasteiger charge is 2.24. The third kappa shape index (κ3) is 2.58. The van der Waals surface area contributed by atoms with Crippen LogP contribution in [0.4, 0.5) is 5.69 Å². The molecule has 0 radical (unpaired) electrons. The van der Waals surface area contributed by atoms with Crippen molar-refractivity contribution >= 4 is 46.2 Å². The number of amides is 1. The molecule has 0 unspecified atom stereocenters. The van der Waals surface area contributed by atoms with Crippen LogP contribution in [0.2, 0.25) is 10.0 Å². The van der Waals surface area contributed by atoms with E-state index in [2.05, 4.69) is 5.32 Å². The van der Waals surface area contributed by atoms with Crippen molar-refractivity contribution in [2.45, 2.75) is 0 Å². The maximum absolute atomic E-state index is 12.3. The molecule has 0 fully saturated rings. The van der Waals surface area contributed by atoms with Gasteiger partial charge in [0.15, 0.2) is 5.78 Å². The average molecular weight is 318 g/mol. The van der Waals surface area contributed by atoms with Crippen LogP contribution in [0.25, 0.3) is 5.57 Å². The minimum Gasteiger partial charge on any atom is -0.321 e. The molecule has 1 N–H and O–H groups in total. The minimum absolute atomic E-state index is 0.287. The van der Waals surface area contributed by atoms with Crippen molar-refractivity contribution in [1.82, 2.24) is 0 Å². The highest BCUT2D eigenvalue weighted by molar-refractivity contribution is 6.42. The number of halogens is 2. The summed E-state index contributed by atoms with van der Waals surface area (Å²) in [6.07, 6.45) is 1.32. The number of hydrogen-bond acceptors (Lipinski definition) is 2. The second-order valence-corrected chi connectivity index (χ2v) is 5.37. The lowest BCUT2D eigenvalue weighted by molar-refractivity contribution is -0.110. The molecule has 0 saturated carbocycles. The van der Waals surface area contributed by atoms with Gasteiger partial charge in [0.2, 0.25) is 0 Å². The zero-order valence-electron chi connectivity index (χ0n) is 10.7. The van der Waals surface area contributed by atoms with Gasteiger partial charge in [0.05, 0.1) is 15.6 Å². The quantitative estimate of drug-likeness (QED) is 0.666. The minimum atomic E-state index is -0.296. The maximum Gasteiger partial charge on any atom is 0.256 e. The van der Waals surface area contributed by atoms with E-state index in [-0.39, 0.29) is 11.7 Å². The molecule has 0 aromatic heterocycles. The molecular weight excluding hydrogens is 309 g/mol. The van der Waals surface area contributed by atoms with Gasteiger partial charge in [-0.25, -0.2) is 0 Å². The van der Waals surface area contributed by atoms with Gasteiger partial charge in [0.1, 0.15) is 0 Å². The lowest BCUT2D eigenvalue weighted by Crippen LogP contribution is -2.06. The van der Waals surface area contributed by atoms with Crippen molar-refractivity contribution in [3.05, 3.63) is 69.7 Å². The van der Waals surface area contributed by atoms with E-state index in [1.165, 1.54) is 12.1 Å². The Bertz CT molecular complexity index is 797. The Morgan fingerprint density at radius 2 is 1.81 bits per heavy atom. The van der Waals surface area contributed by atoms with Crippen LogP contribution < -0.4 is 5.32 Å². The molecule has 2 aromatic rings. The predicted octanol–water partition coefficient (Wildman–Crippen LogP) is 4.21. The van der Waals surface area contributed by atoms with Crippen molar-refractivity contribution in [3.8, 4) is 0 Å². The highest BCUT2D eigenvalue weighted by Crippen LogP contribution is 2.31. The third-order valence-electron chi connectivity index (χ3n) is 3.19. The van der Waals surface area contributed by atoms with Crippen LogP contribution in [-0.2, 0) is 4.79 Å². The van der Waals surface area contributed by atoms with Crippen LogP contribution in [0.1, 0.15) is 15.9 Å². The first-order chi connectivity index (χ1) is 10.1. The van der Waals surface area contributed by atoms with E-state index in [9.17, 15) is 9.59 Å². The molecule has 0 bridgehead atoms. The van der Waals surface area contributed by atoms with E-state index < -0.39 is 0 Å². The number of para-hydroxylation sites is 1. The average Bonchev–Trinajstić information content (AvgIpc) is 2.78. The molecule has 1 aliphatic rings. The van der Waals surface area contributed by atoms with E-state index >= 15 is 0 Å². The Morgan fingerprint density at radius 1 is 1.05 bits per heavy atom. The number of hydrogen-bond donors (Lipinski definition) is 1. The summed E-state index contributed by atoms with van der Waals surface area (Å²) < 4.78 is 0. The van der Waals surface area contributed by atoms with Crippen LogP contribution in [0, 0.1) is 0 Å². The van der Waals surface area contributed by atoms with Crippen molar-refractivity contribution in [1.29, 1.82) is 0 Å². The van der Waals surface area contributed by atoms with Gasteiger partial charge in [-0.15, -0.1) is 0 Å². The fraction of sp³-hybridized carbons (Fsp3) is 0. The fourth-order valence-corrected chi connectivity index (χ4v) is 2.44. The van der Waals surface area contributed by atoms with E-state index in [0.29, 0.717) is 26.9 Å². The molecular formula is C16H9Cl2NO2. The van der Waals surface area contributed by atoms with E-state index in [4.69, 9.17) is 23.2 Å². The number of carbonyl (C=O) groups excluding carboxylic acids is 2. The Labute approximate surface area is 131 Å². The smallest absolute Gasteiger partial charge is 0.256 e. The summed E-state index contributed by atoms with van der Waals surface area (Å²) >= 11 is 11.7. The Hall–Kier alpha value is -2.10. The van der Waals surface area contributed by atoms with Gasteiger partial charge in [0, 0.05) is 16.8 Å². The fourth-order valence-electron chi connectivity index (χ4n) is 2.15. The number of carbonyl (C=O) groups is 2. The summed E-state index contributed by atoms with van der Waals surface area (Å²) in [5, 5.41) is 3.40. The van der Waals surface area contributed by atoms with Gasteiger partial charge >= 0.3 is 0 Å². The van der Waals surface area contributed by atoms with Crippen LogP contribution >= 0.6 is 23.2 Å². The topological polar surface area (TPSA) is 46.2 Å². The standard InChI is InChI=1S/C16H9Cl2NO2/c17-12-6-5-9(7-13(12)18)15(20)8-11-10-3-1-2-4-14(10)19-16(11)21/h1-8H,(H,19,21). The summed E-state index contributed by atoms with van der Waals surface area (Å²) in [6, 6.07) is 11.8. The van der Waals surface area contributed by atoms with Gasteiger partial charge in [-0.2, -0.15) is 0 Å². The van der Waals surface area contributed by atoms with E-state index in [1.54, 1.807) is 24.3 Å². The van der Waals surface area contributed by atoms with Crippen molar-refractivity contribution in [3.63, 3.8) is 0 Å². The maximum atomic E-state index is 12.3. The molecule has 104 valence electrons. The summed E-state index contributed by atoms with van der Waals surface area (Å²) in [4.78, 5) is 24.2. The first-order valence-corrected chi connectivity index (χ1v) is 6.93. The van der Waals surface area contributed by atoms with Crippen molar-refractivity contribution in [2.75, 3.05) is 5.32 Å².